The summed E-state index contributed by atoms with van der Waals surface area (Å²) in [6.07, 6.45) is 5.84. The fourth-order valence-corrected chi connectivity index (χ4v) is 3.55. The highest BCUT2D eigenvalue weighted by molar-refractivity contribution is 5.33. The van der Waals surface area contributed by atoms with E-state index in [0.717, 1.165) is 25.8 Å². The zero-order valence-electron chi connectivity index (χ0n) is 12.8. The van der Waals surface area contributed by atoms with Crippen LogP contribution in [0.1, 0.15) is 40.0 Å². The van der Waals surface area contributed by atoms with Crippen molar-refractivity contribution >= 4 is 5.82 Å². The first kappa shape index (κ1) is 15.0. The second-order valence-electron chi connectivity index (χ2n) is 7.01. The first-order valence-electron chi connectivity index (χ1n) is 7.10. The average molecular weight is 279 g/mol. The first-order chi connectivity index (χ1) is 9.32. The molecule has 1 aromatic rings. The lowest BCUT2D eigenvalue weighted by Gasteiger charge is -2.45. The van der Waals surface area contributed by atoms with Crippen molar-refractivity contribution in [3.8, 4) is 5.88 Å². The van der Waals surface area contributed by atoms with E-state index in [9.17, 15) is 5.11 Å². The predicted molar refractivity (Wildman–Crippen MR) is 78.8 cm³/mol. The van der Waals surface area contributed by atoms with Crippen molar-refractivity contribution in [1.82, 2.24) is 9.97 Å². The summed E-state index contributed by atoms with van der Waals surface area (Å²) in [5.41, 5.74) is 0.236. The molecule has 2 N–H and O–H groups in total. The molecule has 0 bridgehead atoms. The van der Waals surface area contributed by atoms with E-state index in [2.05, 4.69) is 36.1 Å². The van der Waals surface area contributed by atoms with E-state index in [1.54, 1.807) is 19.5 Å². The highest BCUT2D eigenvalue weighted by Gasteiger charge is 2.40. The molecule has 1 fully saturated rings. The molecule has 2 unspecified atom stereocenters. The van der Waals surface area contributed by atoms with Gasteiger partial charge >= 0.3 is 0 Å². The minimum Gasteiger partial charge on any atom is -0.480 e. The van der Waals surface area contributed by atoms with Gasteiger partial charge < -0.3 is 15.2 Å². The van der Waals surface area contributed by atoms with E-state index in [0.29, 0.717) is 11.7 Å². The van der Waals surface area contributed by atoms with Gasteiger partial charge in [0.1, 0.15) is 5.82 Å². The standard InChI is InChI=1S/C15H25N3O2/c1-14(2)5-11(19)6-15(3,9-14)10-17-12-7-16-8-13(18-12)20-4/h7-8,11,19H,5-6,9-10H2,1-4H3,(H,17,18). The molecule has 2 atom stereocenters. The zero-order chi connectivity index (χ0) is 14.8. The van der Waals surface area contributed by atoms with Gasteiger partial charge in [0.15, 0.2) is 0 Å². The Hall–Kier alpha value is -1.36. The molecular weight excluding hydrogens is 254 g/mol. The lowest BCUT2D eigenvalue weighted by molar-refractivity contribution is -0.00321. The highest BCUT2D eigenvalue weighted by atomic mass is 16.5. The van der Waals surface area contributed by atoms with E-state index < -0.39 is 0 Å². The van der Waals surface area contributed by atoms with Gasteiger partial charge in [-0.3, -0.25) is 4.98 Å². The Morgan fingerprint density at radius 3 is 2.75 bits per heavy atom. The molecule has 20 heavy (non-hydrogen) atoms. The molecule has 0 spiro atoms. The van der Waals surface area contributed by atoms with Crippen LogP contribution in [-0.4, -0.2) is 34.8 Å². The Bertz CT molecular complexity index is 464. The largest absolute Gasteiger partial charge is 0.480 e. The van der Waals surface area contributed by atoms with Crippen molar-refractivity contribution in [3.63, 3.8) is 0 Å². The van der Waals surface area contributed by atoms with E-state index >= 15 is 0 Å². The minimum absolute atomic E-state index is 0.0614. The smallest absolute Gasteiger partial charge is 0.233 e. The van der Waals surface area contributed by atoms with Gasteiger partial charge in [0.05, 0.1) is 25.6 Å². The molecule has 1 aliphatic carbocycles. The van der Waals surface area contributed by atoms with Crippen LogP contribution in [0.15, 0.2) is 12.4 Å². The lowest BCUT2D eigenvalue weighted by Crippen LogP contribution is -2.42. The van der Waals surface area contributed by atoms with Gasteiger partial charge in [-0.2, -0.15) is 4.98 Å². The minimum atomic E-state index is -0.220. The monoisotopic (exact) mass is 279 g/mol. The van der Waals surface area contributed by atoms with Crippen LogP contribution in [0.4, 0.5) is 5.82 Å². The number of anilines is 1. The van der Waals surface area contributed by atoms with Crippen LogP contribution in [0.5, 0.6) is 5.88 Å². The van der Waals surface area contributed by atoms with E-state index in [1.165, 1.54) is 0 Å². The Morgan fingerprint density at radius 1 is 1.35 bits per heavy atom. The van der Waals surface area contributed by atoms with Crippen molar-refractivity contribution in [1.29, 1.82) is 0 Å². The zero-order valence-corrected chi connectivity index (χ0v) is 12.8. The number of nitrogens with one attached hydrogen (secondary N) is 1. The fourth-order valence-electron chi connectivity index (χ4n) is 3.55. The van der Waals surface area contributed by atoms with Crippen LogP contribution in [0.3, 0.4) is 0 Å². The van der Waals surface area contributed by atoms with Gasteiger partial charge in [-0.25, -0.2) is 0 Å². The molecule has 0 saturated heterocycles. The number of aliphatic hydroxyl groups excluding tert-OH is 1. The van der Waals surface area contributed by atoms with Gasteiger partial charge in [-0.15, -0.1) is 0 Å². The van der Waals surface area contributed by atoms with Crippen molar-refractivity contribution in [3.05, 3.63) is 12.4 Å². The number of hydrogen-bond donors (Lipinski definition) is 2. The van der Waals surface area contributed by atoms with Gasteiger partial charge in [-0.05, 0) is 30.1 Å². The number of nitrogens with zero attached hydrogens (tertiary/aromatic N) is 2. The lowest BCUT2D eigenvalue weighted by atomic mass is 9.63. The third-order valence-corrected chi connectivity index (χ3v) is 3.94. The van der Waals surface area contributed by atoms with Crippen molar-refractivity contribution in [2.45, 2.75) is 46.1 Å². The molecule has 5 heteroatoms. The molecule has 0 amide bonds. The molecule has 1 saturated carbocycles. The maximum absolute atomic E-state index is 10.1. The van der Waals surface area contributed by atoms with E-state index in [-0.39, 0.29) is 16.9 Å². The number of aromatic nitrogens is 2. The second-order valence-corrected chi connectivity index (χ2v) is 7.01. The topological polar surface area (TPSA) is 67.3 Å². The molecule has 112 valence electrons. The molecule has 0 aliphatic heterocycles. The maximum atomic E-state index is 10.1. The number of rotatable bonds is 4. The second kappa shape index (κ2) is 5.56. The summed E-state index contributed by atoms with van der Waals surface area (Å²) in [4.78, 5) is 8.39. The van der Waals surface area contributed by atoms with E-state index in [4.69, 9.17) is 4.74 Å². The Kier molecular flexibility index (Phi) is 4.18. The SMILES string of the molecule is COc1cncc(NCC2(C)CC(O)CC(C)(C)C2)n1. The van der Waals surface area contributed by atoms with Crippen LogP contribution < -0.4 is 10.1 Å². The number of ether oxygens (including phenoxy) is 1. The molecule has 0 radical (unpaired) electrons. The molecule has 5 nitrogen and oxygen atoms in total. The van der Waals surface area contributed by atoms with Crippen LogP contribution in [0.25, 0.3) is 0 Å². The normalized spacial score (nSPS) is 28.9. The summed E-state index contributed by atoms with van der Waals surface area (Å²) in [5, 5.41) is 13.4. The van der Waals surface area contributed by atoms with Crippen molar-refractivity contribution in [2.75, 3.05) is 19.0 Å². The Labute approximate surface area is 120 Å². The third kappa shape index (κ3) is 3.82. The molecule has 1 aliphatic rings. The summed E-state index contributed by atoms with van der Waals surface area (Å²) < 4.78 is 5.07. The van der Waals surface area contributed by atoms with E-state index in [1.807, 2.05) is 0 Å². The Balaban J connectivity index is 2.01. The number of aliphatic hydroxyl groups is 1. The van der Waals surface area contributed by atoms with Crippen LogP contribution in [0.2, 0.25) is 0 Å². The molecule has 2 rings (SSSR count). The fraction of sp³-hybridized carbons (Fsp3) is 0.733. The Morgan fingerprint density at radius 2 is 2.10 bits per heavy atom. The maximum Gasteiger partial charge on any atom is 0.233 e. The number of hydrogen-bond acceptors (Lipinski definition) is 5. The summed E-state index contributed by atoms with van der Waals surface area (Å²) >= 11 is 0. The number of methoxy groups -OCH3 is 1. The molecular formula is C15H25N3O2. The third-order valence-electron chi connectivity index (χ3n) is 3.94. The molecule has 0 aromatic carbocycles. The van der Waals surface area contributed by atoms with Gasteiger partial charge in [0, 0.05) is 6.54 Å². The first-order valence-corrected chi connectivity index (χ1v) is 7.10. The van der Waals surface area contributed by atoms with Crippen LogP contribution >= 0.6 is 0 Å². The summed E-state index contributed by atoms with van der Waals surface area (Å²) in [5.74, 6) is 1.22. The summed E-state index contributed by atoms with van der Waals surface area (Å²) in [6.45, 7) is 7.44. The van der Waals surface area contributed by atoms with Gasteiger partial charge in [0.2, 0.25) is 5.88 Å². The summed E-state index contributed by atoms with van der Waals surface area (Å²) in [7, 11) is 1.58. The molecule has 1 heterocycles. The molecule has 1 aromatic heterocycles. The highest BCUT2D eigenvalue weighted by Crippen LogP contribution is 2.46. The quantitative estimate of drug-likeness (QED) is 0.886. The van der Waals surface area contributed by atoms with Gasteiger partial charge in [-0.1, -0.05) is 20.8 Å². The van der Waals surface area contributed by atoms with Crippen LogP contribution in [0, 0.1) is 10.8 Å². The van der Waals surface area contributed by atoms with Crippen molar-refractivity contribution < 1.29 is 9.84 Å². The van der Waals surface area contributed by atoms with Crippen molar-refractivity contribution in [2.24, 2.45) is 10.8 Å². The van der Waals surface area contributed by atoms with Crippen LogP contribution in [-0.2, 0) is 0 Å². The van der Waals surface area contributed by atoms with Gasteiger partial charge in [0.25, 0.3) is 0 Å². The average Bonchev–Trinajstić information content (AvgIpc) is 2.34. The predicted octanol–water partition coefficient (Wildman–Crippen LogP) is 2.47. The summed E-state index contributed by atoms with van der Waals surface area (Å²) in [6, 6.07) is 0.